The largest absolute Gasteiger partial charge is 0.351 e. The summed E-state index contributed by atoms with van der Waals surface area (Å²) < 4.78 is 0. The van der Waals surface area contributed by atoms with E-state index in [1.165, 1.54) is 23.9 Å². The highest BCUT2D eigenvalue weighted by Crippen LogP contribution is 2.33. The summed E-state index contributed by atoms with van der Waals surface area (Å²) in [7, 11) is 0. The predicted octanol–water partition coefficient (Wildman–Crippen LogP) is 4.07. The molecule has 3 rings (SSSR count). The third-order valence-corrected chi connectivity index (χ3v) is 6.01. The van der Waals surface area contributed by atoms with Gasteiger partial charge in [0.05, 0.1) is 20.8 Å². The van der Waals surface area contributed by atoms with Gasteiger partial charge in [-0.1, -0.05) is 46.6 Å². The molecule has 24 heavy (non-hydrogen) atoms. The summed E-state index contributed by atoms with van der Waals surface area (Å²) in [6, 6.07) is 2.95. The minimum absolute atomic E-state index is 0.0287. The van der Waals surface area contributed by atoms with Crippen LogP contribution in [-0.4, -0.2) is 40.2 Å². The molecule has 1 aromatic carbocycles. The van der Waals surface area contributed by atoms with Crippen LogP contribution >= 0.6 is 46.6 Å². The number of thioether (sulfide) groups is 1. The van der Waals surface area contributed by atoms with Gasteiger partial charge >= 0.3 is 0 Å². The van der Waals surface area contributed by atoms with E-state index >= 15 is 0 Å². The Balaban J connectivity index is 1.60. The van der Waals surface area contributed by atoms with E-state index in [0.29, 0.717) is 15.7 Å². The topological polar surface area (TPSA) is 61.8 Å². The number of amidine groups is 1. The Morgan fingerprint density at radius 3 is 2.58 bits per heavy atom. The molecule has 0 spiro atoms. The van der Waals surface area contributed by atoms with Crippen molar-refractivity contribution < 1.29 is 9.59 Å². The zero-order valence-electron chi connectivity index (χ0n) is 12.5. The van der Waals surface area contributed by atoms with Crippen molar-refractivity contribution in [2.24, 2.45) is 4.99 Å². The van der Waals surface area contributed by atoms with Crippen LogP contribution in [0.1, 0.15) is 19.3 Å². The molecule has 2 amide bonds. The lowest BCUT2D eigenvalue weighted by atomic mass is 10.2. The summed E-state index contributed by atoms with van der Waals surface area (Å²) in [6.07, 6.45) is 2.24. The number of rotatable bonds is 3. The molecule has 1 fully saturated rings. The average molecular weight is 407 g/mol. The highest BCUT2D eigenvalue weighted by atomic mass is 35.5. The molecule has 1 atom stereocenters. The first kappa shape index (κ1) is 17.9. The third-order valence-electron chi connectivity index (χ3n) is 3.76. The maximum atomic E-state index is 12.2. The van der Waals surface area contributed by atoms with Gasteiger partial charge in [-0.2, -0.15) is 4.99 Å². The molecule has 2 heterocycles. The van der Waals surface area contributed by atoms with E-state index in [2.05, 4.69) is 15.2 Å². The van der Waals surface area contributed by atoms with Crippen LogP contribution in [-0.2, 0) is 9.59 Å². The Hall–Kier alpha value is -0.950. The number of nitrogens with zero attached hydrogens (tertiary/aromatic N) is 2. The van der Waals surface area contributed by atoms with Gasteiger partial charge in [0.25, 0.3) is 5.91 Å². The Bertz CT molecular complexity index is 720. The Labute approximate surface area is 158 Å². The van der Waals surface area contributed by atoms with Crippen LogP contribution in [0.3, 0.4) is 0 Å². The molecule has 2 aliphatic rings. The summed E-state index contributed by atoms with van der Waals surface area (Å²) in [4.78, 5) is 30.4. The number of nitrogens with one attached hydrogen (secondary N) is 1. The second-order valence-electron chi connectivity index (χ2n) is 5.53. The number of likely N-dealkylation sites (tertiary alicyclic amines) is 1. The van der Waals surface area contributed by atoms with E-state index in [1.807, 2.05) is 0 Å². The maximum Gasteiger partial charge on any atom is 0.262 e. The standard InChI is InChI=1S/C15H14Cl3N3O2S/c16-8-5-10(18)11(6-9(8)17)19-13(22)7-12-14(23)20-15(24-12)21-3-1-2-4-21/h5-6,12H,1-4,7H2,(H,19,22)/t12-/m1/s1. The van der Waals surface area contributed by atoms with Crippen LogP contribution in [0.25, 0.3) is 0 Å². The summed E-state index contributed by atoms with van der Waals surface area (Å²) >= 11 is 19.2. The average Bonchev–Trinajstić information content (AvgIpc) is 3.15. The van der Waals surface area contributed by atoms with Crippen molar-refractivity contribution in [2.75, 3.05) is 18.4 Å². The normalized spacial score (nSPS) is 20.5. The molecule has 0 radical (unpaired) electrons. The van der Waals surface area contributed by atoms with Gasteiger partial charge in [0.2, 0.25) is 5.91 Å². The van der Waals surface area contributed by atoms with E-state index in [1.54, 1.807) is 0 Å². The summed E-state index contributed by atoms with van der Waals surface area (Å²) in [5, 5.41) is 3.79. The van der Waals surface area contributed by atoms with Crippen molar-refractivity contribution in [2.45, 2.75) is 24.5 Å². The monoisotopic (exact) mass is 405 g/mol. The third kappa shape index (κ3) is 3.99. The molecule has 0 unspecified atom stereocenters. The van der Waals surface area contributed by atoms with Crippen molar-refractivity contribution in [3.05, 3.63) is 27.2 Å². The molecule has 9 heteroatoms. The minimum Gasteiger partial charge on any atom is -0.351 e. The van der Waals surface area contributed by atoms with Crippen molar-refractivity contribution in [3.8, 4) is 0 Å². The van der Waals surface area contributed by atoms with Crippen LogP contribution in [0.15, 0.2) is 17.1 Å². The highest BCUT2D eigenvalue weighted by Gasteiger charge is 2.33. The van der Waals surface area contributed by atoms with Crippen molar-refractivity contribution in [3.63, 3.8) is 0 Å². The smallest absolute Gasteiger partial charge is 0.262 e. The second-order valence-corrected chi connectivity index (χ2v) is 7.92. The number of benzene rings is 1. The molecule has 2 aliphatic heterocycles. The number of aliphatic imine (C=N–C) groups is 1. The van der Waals surface area contributed by atoms with Gasteiger partial charge in [-0.25, -0.2) is 0 Å². The fourth-order valence-corrected chi connectivity index (χ4v) is 4.25. The SMILES string of the molecule is O=C(C[C@H]1SC(N2CCCC2)=NC1=O)Nc1cc(Cl)c(Cl)cc1Cl. The molecule has 128 valence electrons. The van der Waals surface area contributed by atoms with E-state index in [4.69, 9.17) is 34.8 Å². The molecular weight excluding hydrogens is 393 g/mol. The van der Waals surface area contributed by atoms with Gasteiger partial charge in [-0.3, -0.25) is 9.59 Å². The lowest BCUT2D eigenvalue weighted by Crippen LogP contribution is -2.25. The summed E-state index contributed by atoms with van der Waals surface area (Å²) in [5.74, 6) is -0.587. The first-order chi connectivity index (χ1) is 11.4. The molecule has 1 saturated heterocycles. The van der Waals surface area contributed by atoms with Gasteiger partial charge < -0.3 is 10.2 Å². The number of hydrogen-bond acceptors (Lipinski definition) is 4. The van der Waals surface area contributed by atoms with Crippen molar-refractivity contribution in [1.82, 2.24) is 4.90 Å². The second kappa shape index (κ2) is 7.52. The number of halogens is 3. The van der Waals surface area contributed by atoms with E-state index in [0.717, 1.165) is 31.1 Å². The number of amides is 2. The number of carbonyl (C=O) groups is 2. The van der Waals surface area contributed by atoms with Crippen LogP contribution in [0.2, 0.25) is 15.1 Å². The van der Waals surface area contributed by atoms with Crippen LogP contribution in [0.4, 0.5) is 5.69 Å². The molecule has 0 saturated carbocycles. The molecule has 5 nitrogen and oxygen atoms in total. The Morgan fingerprint density at radius 1 is 1.21 bits per heavy atom. The molecule has 0 aliphatic carbocycles. The highest BCUT2D eigenvalue weighted by molar-refractivity contribution is 8.15. The fourth-order valence-electron chi connectivity index (χ4n) is 2.54. The van der Waals surface area contributed by atoms with E-state index in [-0.39, 0.29) is 23.3 Å². The molecule has 1 aromatic rings. The van der Waals surface area contributed by atoms with Crippen molar-refractivity contribution in [1.29, 1.82) is 0 Å². The van der Waals surface area contributed by atoms with Crippen molar-refractivity contribution >= 4 is 69.2 Å². The molecule has 1 N–H and O–H groups in total. The predicted molar refractivity (Wildman–Crippen MR) is 99.3 cm³/mol. The fraction of sp³-hybridized carbons (Fsp3) is 0.400. The van der Waals surface area contributed by atoms with Crippen LogP contribution in [0, 0.1) is 0 Å². The first-order valence-corrected chi connectivity index (χ1v) is 9.44. The number of hydrogen-bond donors (Lipinski definition) is 1. The van der Waals surface area contributed by atoms with Gasteiger partial charge in [0, 0.05) is 19.5 Å². The van der Waals surface area contributed by atoms with Crippen LogP contribution in [0.5, 0.6) is 0 Å². The number of anilines is 1. The van der Waals surface area contributed by atoms with E-state index < -0.39 is 5.25 Å². The Kier molecular flexibility index (Phi) is 5.59. The molecule has 0 bridgehead atoms. The zero-order chi connectivity index (χ0) is 17.3. The lowest BCUT2D eigenvalue weighted by Gasteiger charge is -2.16. The van der Waals surface area contributed by atoms with E-state index in [9.17, 15) is 9.59 Å². The number of carbonyl (C=O) groups excluding carboxylic acids is 2. The first-order valence-electron chi connectivity index (χ1n) is 7.42. The van der Waals surface area contributed by atoms with Gasteiger partial charge in [0.1, 0.15) is 5.25 Å². The maximum absolute atomic E-state index is 12.2. The minimum atomic E-state index is -0.498. The Morgan fingerprint density at radius 2 is 1.88 bits per heavy atom. The van der Waals surface area contributed by atoms with Gasteiger partial charge in [-0.05, 0) is 25.0 Å². The molecular formula is C15H14Cl3N3O2S. The summed E-state index contributed by atoms with van der Waals surface area (Å²) in [6.45, 7) is 1.83. The van der Waals surface area contributed by atoms with Crippen LogP contribution < -0.4 is 5.32 Å². The molecule has 0 aromatic heterocycles. The van der Waals surface area contributed by atoms with Gasteiger partial charge in [-0.15, -0.1) is 0 Å². The zero-order valence-corrected chi connectivity index (χ0v) is 15.6. The van der Waals surface area contributed by atoms with Gasteiger partial charge in [0.15, 0.2) is 5.17 Å². The summed E-state index contributed by atoms with van der Waals surface area (Å²) in [5.41, 5.74) is 0.368. The lowest BCUT2D eigenvalue weighted by molar-refractivity contribution is -0.121. The quantitative estimate of drug-likeness (QED) is 0.769.